The van der Waals surface area contributed by atoms with Crippen LogP contribution >= 0.6 is 0 Å². The normalized spacial score (nSPS) is 17.9. The van der Waals surface area contributed by atoms with Crippen molar-refractivity contribution in [2.45, 2.75) is 11.4 Å². The number of rotatable bonds is 8. The molecule has 2 aliphatic heterocycles. The Hall–Kier alpha value is -2.44. The Morgan fingerprint density at radius 3 is 2.42 bits per heavy atom. The summed E-state index contributed by atoms with van der Waals surface area (Å²) in [7, 11) is -1.87. The molecule has 0 spiro atoms. The summed E-state index contributed by atoms with van der Waals surface area (Å²) >= 11 is 0. The van der Waals surface area contributed by atoms with E-state index in [4.69, 9.17) is 13.9 Å². The SMILES string of the molecule is CN(CC(=O)Nc1cc(S(=O)(=O)N2CCOCC2)ccc1N1CCOCC1)Cc1ccco1. The summed E-state index contributed by atoms with van der Waals surface area (Å²) in [6.45, 7) is 4.47. The van der Waals surface area contributed by atoms with Gasteiger partial charge in [0.1, 0.15) is 5.76 Å². The largest absolute Gasteiger partial charge is 0.468 e. The van der Waals surface area contributed by atoms with Crippen molar-refractivity contribution in [3.63, 3.8) is 0 Å². The van der Waals surface area contributed by atoms with E-state index in [-0.39, 0.29) is 17.3 Å². The van der Waals surface area contributed by atoms with Gasteiger partial charge in [-0.3, -0.25) is 9.69 Å². The van der Waals surface area contributed by atoms with Crippen molar-refractivity contribution in [2.24, 2.45) is 0 Å². The van der Waals surface area contributed by atoms with E-state index in [0.717, 1.165) is 11.4 Å². The van der Waals surface area contributed by atoms with Gasteiger partial charge in [-0.15, -0.1) is 0 Å². The van der Waals surface area contributed by atoms with Crippen molar-refractivity contribution < 1.29 is 27.1 Å². The number of benzene rings is 1. The Labute approximate surface area is 194 Å². The molecule has 1 amide bonds. The molecule has 2 fully saturated rings. The van der Waals surface area contributed by atoms with Gasteiger partial charge in [-0.1, -0.05) is 0 Å². The minimum absolute atomic E-state index is 0.129. The fourth-order valence-electron chi connectivity index (χ4n) is 3.95. The van der Waals surface area contributed by atoms with Crippen molar-refractivity contribution in [3.05, 3.63) is 42.4 Å². The van der Waals surface area contributed by atoms with E-state index in [1.165, 1.54) is 4.31 Å². The summed E-state index contributed by atoms with van der Waals surface area (Å²) in [5.74, 6) is 0.525. The summed E-state index contributed by atoms with van der Waals surface area (Å²) in [6, 6.07) is 8.58. The lowest BCUT2D eigenvalue weighted by atomic mass is 10.2. The van der Waals surface area contributed by atoms with Crippen LogP contribution in [0.25, 0.3) is 0 Å². The minimum atomic E-state index is -3.69. The molecule has 3 heterocycles. The van der Waals surface area contributed by atoms with E-state index in [9.17, 15) is 13.2 Å². The number of ether oxygens (including phenoxy) is 2. The van der Waals surface area contributed by atoms with Gasteiger partial charge in [0.2, 0.25) is 15.9 Å². The predicted molar refractivity (Wildman–Crippen MR) is 123 cm³/mol. The molecule has 0 saturated carbocycles. The highest BCUT2D eigenvalue weighted by atomic mass is 32.2. The highest BCUT2D eigenvalue weighted by molar-refractivity contribution is 7.89. The summed E-state index contributed by atoms with van der Waals surface area (Å²) in [5.41, 5.74) is 1.25. The molecule has 0 unspecified atom stereocenters. The minimum Gasteiger partial charge on any atom is -0.468 e. The molecule has 2 aromatic rings. The first-order chi connectivity index (χ1) is 15.9. The van der Waals surface area contributed by atoms with Crippen molar-refractivity contribution in [1.82, 2.24) is 9.21 Å². The first-order valence-corrected chi connectivity index (χ1v) is 12.4. The van der Waals surface area contributed by atoms with Crippen LogP contribution in [-0.2, 0) is 30.8 Å². The molecule has 10 nitrogen and oxygen atoms in total. The summed E-state index contributed by atoms with van der Waals surface area (Å²) in [4.78, 5) is 16.9. The van der Waals surface area contributed by atoms with Gasteiger partial charge >= 0.3 is 0 Å². The van der Waals surface area contributed by atoms with Gasteiger partial charge in [-0.05, 0) is 37.4 Å². The Bertz CT molecular complexity index is 1030. The Morgan fingerprint density at radius 1 is 1.06 bits per heavy atom. The topological polar surface area (TPSA) is 105 Å². The molecule has 11 heteroatoms. The quantitative estimate of drug-likeness (QED) is 0.604. The molecule has 0 aliphatic carbocycles. The number of hydrogen-bond acceptors (Lipinski definition) is 8. The lowest BCUT2D eigenvalue weighted by Crippen LogP contribution is -2.40. The number of furan rings is 1. The van der Waals surface area contributed by atoms with Crippen molar-refractivity contribution in [1.29, 1.82) is 0 Å². The van der Waals surface area contributed by atoms with E-state index < -0.39 is 10.0 Å². The zero-order valence-electron chi connectivity index (χ0n) is 18.7. The number of likely N-dealkylation sites (N-methyl/N-ethyl adjacent to an activating group) is 1. The van der Waals surface area contributed by atoms with Crippen LogP contribution in [0, 0.1) is 0 Å². The summed E-state index contributed by atoms with van der Waals surface area (Å²) in [5, 5.41) is 2.93. The van der Waals surface area contributed by atoms with Crippen LogP contribution in [0.3, 0.4) is 0 Å². The molecule has 0 atom stereocenters. The molecule has 0 radical (unpaired) electrons. The van der Waals surface area contributed by atoms with Crippen LogP contribution < -0.4 is 10.2 Å². The van der Waals surface area contributed by atoms with E-state index >= 15 is 0 Å². The average Bonchev–Trinajstić information content (AvgIpc) is 3.33. The predicted octanol–water partition coefficient (Wildman–Crippen LogP) is 1.21. The third kappa shape index (κ3) is 5.92. The highest BCUT2D eigenvalue weighted by Crippen LogP contribution is 2.31. The molecule has 1 N–H and O–H groups in total. The average molecular weight is 479 g/mol. The highest BCUT2D eigenvalue weighted by Gasteiger charge is 2.28. The van der Waals surface area contributed by atoms with E-state index in [1.807, 2.05) is 18.0 Å². The van der Waals surface area contributed by atoms with Crippen molar-refractivity contribution in [2.75, 3.05) is 76.4 Å². The van der Waals surface area contributed by atoms with Crippen LogP contribution in [0.5, 0.6) is 0 Å². The smallest absolute Gasteiger partial charge is 0.243 e. The number of anilines is 2. The van der Waals surface area contributed by atoms with Gasteiger partial charge in [0.15, 0.2) is 0 Å². The number of hydrogen-bond donors (Lipinski definition) is 1. The lowest BCUT2D eigenvalue weighted by molar-refractivity contribution is -0.117. The molecule has 1 aromatic carbocycles. The summed E-state index contributed by atoms with van der Waals surface area (Å²) < 4.78 is 43.8. The van der Waals surface area contributed by atoms with Crippen LogP contribution in [0.4, 0.5) is 11.4 Å². The molecule has 2 aliphatic rings. The Balaban J connectivity index is 1.54. The number of nitrogens with zero attached hydrogens (tertiary/aromatic N) is 3. The molecular formula is C22H30N4O6S. The van der Waals surface area contributed by atoms with Gasteiger partial charge in [-0.2, -0.15) is 4.31 Å². The number of carbonyl (C=O) groups excluding carboxylic acids is 1. The van der Waals surface area contributed by atoms with Crippen molar-refractivity contribution >= 4 is 27.3 Å². The standard InChI is InChI=1S/C22H30N4O6S/c1-24(16-18-3-2-10-32-18)17-22(27)23-20-15-19(33(28,29)26-8-13-31-14-9-26)4-5-21(20)25-6-11-30-12-7-25/h2-5,10,15H,6-9,11-14,16-17H2,1H3,(H,23,27). The van der Waals surface area contributed by atoms with Gasteiger partial charge in [-0.25, -0.2) is 8.42 Å². The molecule has 4 rings (SSSR count). The zero-order chi connectivity index (χ0) is 23.3. The fourth-order valence-corrected chi connectivity index (χ4v) is 5.39. The maximum atomic E-state index is 13.2. The van der Waals surface area contributed by atoms with Crippen LogP contribution in [0.2, 0.25) is 0 Å². The number of morpholine rings is 2. The van der Waals surface area contributed by atoms with Crippen LogP contribution in [0.15, 0.2) is 45.9 Å². The second-order valence-electron chi connectivity index (χ2n) is 8.09. The molecule has 180 valence electrons. The van der Waals surface area contributed by atoms with Crippen LogP contribution in [-0.4, -0.2) is 89.7 Å². The van der Waals surface area contributed by atoms with Gasteiger partial charge in [0.25, 0.3) is 0 Å². The monoisotopic (exact) mass is 478 g/mol. The first kappa shape index (κ1) is 23.7. The molecule has 33 heavy (non-hydrogen) atoms. The molecular weight excluding hydrogens is 448 g/mol. The number of amides is 1. The third-order valence-electron chi connectivity index (χ3n) is 5.62. The Kier molecular flexibility index (Phi) is 7.66. The number of carbonyl (C=O) groups is 1. The Morgan fingerprint density at radius 2 is 1.76 bits per heavy atom. The third-order valence-corrected chi connectivity index (χ3v) is 7.52. The zero-order valence-corrected chi connectivity index (χ0v) is 19.6. The molecule has 2 saturated heterocycles. The van der Waals surface area contributed by atoms with Crippen molar-refractivity contribution in [3.8, 4) is 0 Å². The number of nitrogens with one attached hydrogen (secondary N) is 1. The maximum Gasteiger partial charge on any atom is 0.243 e. The first-order valence-electron chi connectivity index (χ1n) is 11.0. The lowest BCUT2D eigenvalue weighted by Gasteiger charge is -2.31. The van der Waals surface area contributed by atoms with Crippen LogP contribution in [0.1, 0.15) is 5.76 Å². The van der Waals surface area contributed by atoms with E-state index in [0.29, 0.717) is 64.8 Å². The van der Waals surface area contributed by atoms with Gasteiger partial charge in [0, 0.05) is 26.2 Å². The second-order valence-corrected chi connectivity index (χ2v) is 10.0. The maximum absolute atomic E-state index is 13.2. The van der Waals surface area contributed by atoms with Gasteiger partial charge in [0.05, 0.1) is 62.1 Å². The molecule has 1 aromatic heterocycles. The van der Waals surface area contributed by atoms with E-state index in [2.05, 4.69) is 10.2 Å². The molecule has 0 bridgehead atoms. The fraction of sp³-hybridized carbons (Fsp3) is 0.500. The van der Waals surface area contributed by atoms with E-state index in [1.54, 1.807) is 30.5 Å². The van der Waals surface area contributed by atoms with Gasteiger partial charge < -0.3 is 24.1 Å². The summed E-state index contributed by atoms with van der Waals surface area (Å²) in [6.07, 6.45) is 1.60. The number of sulfonamides is 1. The second kappa shape index (κ2) is 10.7.